The number of carbonyl (C=O) groups is 1. The number of methoxy groups -OCH3 is 1. The Kier molecular flexibility index (Phi) is 14.4. The van der Waals surface area contributed by atoms with E-state index in [4.69, 9.17) is 9.53 Å². The van der Waals surface area contributed by atoms with Gasteiger partial charge in [-0.05, 0) is 37.1 Å². The van der Waals surface area contributed by atoms with E-state index in [1.54, 1.807) is 14.2 Å². The van der Waals surface area contributed by atoms with Crippen LogP contribution in [0.2, 0.25) is 0 Å². The predicted octanol–water partition coefficient (Wildman–Crippen LogP) is 3.49. The first-order valence-electron chi connectivity index (χ1n) is 5.29. The largest absolute Gasteiger partial charge is 0.494 e. The fourth-order valence-electron chi connectivity index (χ4n) is 1.07. The van der Waals surface area contributed by atoms with Crippen LogP contribution in [-0.4, -0.2) is 27.6 Å². The lowest BCUT2D eigenvalue weighted by molar-refractivity contribution is -0.0979. The van der Waals surface area contributed by atoms with Gasteiger partial charge in [0.05, 0.1) is 6.61 Å². The van der Waals surface area contributed by atoms with Crippen LogP contribution in [0, 0.1) is 0 Å². The SMILES string of the molecule is C=O.CCOc1cc(Br)cc(CC)c1.COC. The molecule has 3 nitrogen and oxygen atoms in total. The quantitative estimate of drug-likeness (QED) is 0.857. The second-order valence-electron chi connectivity index (χ2n) is 2.99. The summed E-state index contributed by atoms with van der Waals surface area (Å²) in [6, 6.07) is 6.18. The Morgan fingerprint density at radius 1 is 1.18 bits per heavy atom. The summed E-state index contributed by atoms with van der Waals surface area (Å²) in [7, 11) is 3.25. The van der Waals surface area contributed by atoms with Gasteiger partial charge < -0.3 is 14.3 Å². The van der Waals surface area contributed by atoms with Gasteiger partial charge in [-0.3, -0.25) is 0 Å². The van der Waals surface area contributed by atoms with E-state index in [1.807, 2.05) is 19.8 Å². The van der Waals surface area contributed by atoms with Crippen molar-refractivity contribution in [3.63, 3.8) is 0 Å². The Labute approximate surface area is 112 Å². The van der Waals surface area contributed by atoms with Gasteiger partial charge in [-0.1, -0.05) is 22.9 Å². The molecule has 0 unspecified atom stereocenters. The van der Waals surface area contributed by atoms with Gasteiger partial charge in [0.2, 0.25) is 0 Å². The van der Waals surface area contributed by atoms with E-state index >= 15 is 0 Å². The summed E-state index contributed by atoms with van der Waals surface area (Å²) in [5, 5.41) is 0. The monoisotopic (exact) mass is 304 g/mol. The van der Waals surface area contributed by atoms with Crippen LogP contribution in [0.3, 0.4) is 0 Å². The van der Waals surface area contributed by atoms with Crippen molar-refractivity contribution in [3.05, 3.63) is 28.2 Å². The fraction of sp³-hybridized carbons (Fsp3) is 0.462. The molecule has 98 valence electrons. The summed E-state index contributed by atoms with van der Waals surface area (Å²) in [6.45, 7) is 6.85. The zero-order valence-corrected chi connectivity index (χ0v) is 12.5. The van der Waals surface area contributed by atoms with Crippen LogP contribution in [0.15, 0.2) is 22.7 Å². The minimum Gasteiger partial charge on any atom is -0.494 e. The topological polar surface area (TPSA) is 35.5 Å². The van der Waals surface area contributed by atoms with Crippen molar-refractivity contribution in [1.29, 1.82) is 0 Å². The van der Waals surface area contributed by atoms with Crippen LogP contribution in [0.5, 0.6) is 5.75 Å². The number of benzene rings is 1. The van der Waals surface area contributed by atoms with Crippen LogP contribution >= 0.6 is 15.9 Å². The highest BCUT2D eigenvalue weighted by Gasteiger charge is 1.97. The number of rotatable bonds is 3. The number of aryl methyl sites for hydroxylation is 1. The number of carbonyl (C=O) groups excluding carboxylic acids is 1. The molecule has 0 bridgehead atoms. The first-order chi connectivity index (χ1) is 8.17. The average Bonchev–Trinajstić information content (AvgIpc) is 2.32. The molecule has 0 aliphatic heterocycles. The van der Waals surface area contributed by atoms with Crippen LogP contribution in [0.1, 0.15) is 19.4 Å². The first-order valence-corrected chi connectivity index (χ1v) is 6.08. The molecule has 0 radical (unpaired) electrons. The highest BCUT2D eigenvalue weighted by atomic mass is 79.9. The predicted molar refractivity (Wildman–Crippen MR) is 74.7 cm³/mol. The lowest BCUT2D eigenvalue weighted by Crippen LogP contribution is -1.92. The molecule has 0 aliphatic carbocycles. The molecule has 17 heavy (non-hydrogen) atoms. The number of ether oxygens (including phenoxy) is 2. The molecule has 0 N–H and O–H groups in total. The third kappa shape index (κ3) is 10.0. The summed E-state index contributed by atoms with van der Waals surface area (Å²) in [5.74, 6) is 0.948. The van der Waals surface area contributed by atoms with E-state index < -0.39 is 0 Å². The summed E-state index contributed by atoms with van der Waals surface area (Å²) >= 11 is 3.44. The molecule has 0 spiro atoms. The highest BCUT2D eigenvalue weighted by molar-refractivity contribution is 9.10. The van der Waals surface area contributed by atoms with E-state index in [0.717, 1.165) is 23.2 Å². The van der Waals surface area contributed by atoms with E-state index in [-0.39, 0.29) is 0 Å². The zero-order chi connectivity index (χ0) is 13.7. The molecule has 0 amide bonds. The molecule has 0 atom stereocenters. The van der Waals surface area contributed by atoms with Gasteiger partial charge in [0, 0.05) is 18.7 Å². The van der Waals surface area contributed by atoms with Crippen LogP contribution in [0.4, 0.5) is 0 Å². The maximum atomic E-state index is 8.00. The van der Waals surface area contributed by atoms with Gasteiger partial charge in [0.25, 0.3) is 0 Å². The third-order valence-corrected chi connectivity index (χ3v) is 2.11. The minimum absolute atomic E-state index is 0.722. The van der Waals surface area contributed by atoms with Gasteiger partial charge >= 0.3 is 0 Å². The van der Waals surface area contributed by atoms with Gasteiger partial charge in [-0.15, -0.1) is 0 Å². The van der Waals surface area contributed by atoms with Gasteiger partial charge in [-0.25, -0.2) is 0 Å². The van der Waals surface area contributed by atoms with Gasteiger partial charge in [0.15, 0.2) is 0 Å². The molecular weight excluding hydrogens is 284 g/mol. The normalized spacial score (nSPS) is 8.29. The lowest BCUT2D eigenvalue weighted by Gasteiger charge is -2.05. The van der Waals surface area contributed by atoms with Crippen molar-refractivity contribution >= 4 is 22.7 Å². The molecule has 0 aliphatic rings. The molecule has 0 saturated heterocycles. The number of hydrogen-bond donors (Lipinski definition) is 0. The first kappa shape index (κ1) is 18.5. The van der Waals surface area contributed by atoms with E-state index in [2.05, 4.69) is 39.7 Å². The second kappa shape index (κ2) is 13.2. The molecule has 1 rings (SSSR count). The Hall–Kier alpha value is -0.870. The summed E-state index contributed by atoms with van der Waals surface area (Å²) < 4.78 is 10.7. The van der Waals surface area contributed by atoms with E-state index in [0.29, 0.717) is 0 Å². The molecule has 4 heteroatoms. The molecular formula is C13H21BrO3. The molecule has 0 aromatic heterocycles. The van der Waals surface area contributed by atoms with Crippen LogP contribution < -0.4 is 4.74 Å². The summed E-state index contributed by atoms with van der Waals surface area (Å²) in [4.78, 5) is 8.00. The van der Waals surface area contributed by atoms with E-state index in [1.165, 1.54) is 5.56 Å². The van der Waals surface area contributed by atoms with Crippen molar-refractivity contribution in [2.75, 3.05) is 20.8 Å². The second-order valence-corrected chi connectivity index (χ2v) is 3.91. The number of hydrogen-bond acceptors (Lipinski definition) is 3. The Morgan fingerprint density at radius 2 is 1.71 bits per heavy atom. The average molecular weight is 305 g/mol. The Balaban J connectivity index is 0. The lowest BCUT2D eigenvalue weighted by atomic mass is 10.2. The maximum Gasteiger partial charge on any atom is 0.120 e. The summed E-state index contributed by atoms with van der Waals surface area (Å²) in [5.41, 5.74) is 1.30. The smallest absolute Gasteiger partial charge is 0.120 e. The van der Waals surface area contributed by atoms with Crippen molar-refractivity contribution < 1.29 is 14.3 Å². The van der Waals surface area contributed by atoms with Crippen molar-refractivity contribution in [1.82, 2.24) is 0 Å². The third-order valence-electron chi connectivity index (χ3n) is 1.65. The standard InChI is InChI=1S/C10H13BrO.C2H6O.CH2O/c1-3-8-5-9(11)7-10(6-8)12-4-2;1-3-2;1-2/h5-7H,3-4H2,1-2H3;1-2H3;1H2. The molecule has 1 aromatic rings. The fourth-order valence-corrected chi connectivity index (χ4v) is 1.59. The molecule has 0 heterocycles. The molecule has 0 fully saturated rings. The highest BCUT2D eigenvalue weighted by Crippen LogP contribution is 2.21. The number of halogens is 1. The van der Waals surface area contributed by atoms with Crippen molar-refractivity contribution in [2.24, 2.45) is 0 Å². The minimum atomic E-state index is 0.722. The van der Waals surface area contributed by atoms with Crippen LogP contribution in [-0.2, 0) is 16.0 Å². The van der Waals surface area contributed by atoms with E-state index in [9.17, 15) is 0 Å². The van der Waals surface area contributed by atoms with Crippen molar-refractivity contribution in [2.45, 2.75) is 20.3 Å². The Bertz CT molecular complexity index is 290. The van der Waals surface area contributed by atoms with Crippen molar-refractivity contribution in [3.8, 4) is 5.75 Å². The van der Waals surface area contributed by atoms with Gasteiger partial charge in [-0.2, -0.15) is 0 Å². The Morgan fingerprint density at radius 3 is 2.12 bits per heavy atom. The molecule has 1 aromatic carbocycles. The van der Waals surface area contributed by atoms with Gasteiger partial charge in [0.1, 0.15) is 12.5 Å². The van der Waals surface area contributed by atoms with Crippen LogP contribution in [0.25, 0.3) is 0 Å². The maximum absolute atomic E-state index is 8.00. The zero-order valence-electron chi connectivity index (χ0n) is 11.0. The summed E-state index contributed by atoms with van der Waals surface area (Å²) in [6.07, 6.45) is 1.04. The molecule has 0 saturated carbocycles.